The summed E-state index contributed by atoms with van der Waals surface area (Å²) in [6.07, 6.45) is 2.24. The molecule has 4 aromatic rings. The first-order valence-corrected chi connectivity index (χ1v) is 16.5. The summed E-state index contributed by atoms with van der Waals surface area (Å²) in [5, 5.41) is 1.29. The molecule has 0 fully saturated rings. The third-order valence-electron chi connectivity index (χ3n) is 7.96. The van der Waals surface area contributed by atoms with Crippen LogP contribution >= 0.6 is 11.6 Å². The van der Waals surface area contributed by atoms with Crippen LogP contribution in [-0.4, -0.2) is 31.2 Å². The van der Waals surface area contributed by atoms with Gasteiger partial charge in [-0.3, -0.25) is 4.79 Å². The molecule has 0 saturated heterocycles. The third-order valence-corrected chi connectivity index (χ3v) is 14.3. The van der Waals surface area contributed by atoms with Crippen molar-refractivity contribution >= 4 is 36.6 Å². The zero-order valence-corrected chi connectivity index (χ0v) is 26.5. The highest BCUT2D eigenvalue weighted by atomic mass is 35.5. The molecule has 0 N–H and O–H groups in total. The lowest BCUT2D eigenvalue weighted by Crippen LogP contribution is -2.50. The number of fused-ring (bicyclic) bond motifs is 1. The number of hydrogen-bond donors (Lipinski definition) is 0. The van der Waals surface area contributed by atoms with Crippen molar-refractivity contribution in [2.75, 3.05) is 7.11 Å². The van der Waals surface area contributed by atoms with Gasteiger partial charge in [0.15, 0.2) is 5.78 Å². The zero-order valence-electron chi connectivity index (χ0n) is 24.7. The summed E-state index contributed by atoms with van der Waals surface area (Å²) < 4.78 is 12.5. The molecule has 2 aromatic heterocycles. The van der Waals surface area contributed by atoms with Crippen molar-refractivity contribution in [3.63, 3.8) is 0 Å². The molecule has 0 aliphatic rings. The first-order valence-electron chi connectivity index (χ1n) is 14.0. The summed E-state index contributed by atoms with van der Waals surface area (Å²) in [6, 6.07) is 17.6. The number of methoxy groups -OCH3 is 1. The van der Waals surface area contributed by atoms with Crippen LogP contribution in [0.3, 0.4) is 0 Å². The van der Waals surface area contributed by atoms with Crippen LogP contribution in [0.1, 0.15) is 70.0 Å². The number of rotatable bonds is 10. The fraction of sp³-hybridized carbons (Fsp3) is 0.364. The van der Waals surface area contributed by atoms with Gasteiger partial charge < -0.3 is 9.16 Å². The van der Waals surface area contributed by atoms with Gasteiger partial charge in [-0.05, 0) is 76.1 Å². The van der Waals surface area contributed by atoms with Crippen molar-refractivity contribution in [1.82, 2.24) is 9.97 Å². The van der Waals surface area contributed by atoms with E-state index in [1.807, 2.05) is 43.3 Å². The molecule has 210 valence electrons. The monoisotopic (exact) mass is 574 g/mol. The largest absolute Gasteiger partial charge is 0.543 e. The van der Waals surface area contributed by atoms with Crippen molar-refractivity contribution in [2.45, 2.75) is 71.5 Å². The molecule has 0 bridgehead atoms. The highest BCUT2D eigenvalue weighted by molar-refractivity contribution is 6.78. The number of pyridine rings is 2. The third kappa shape index (κ3) is 5.65. The first-order chi connectivity index (χ1) is 19.0. The molecule has 0 aliphatic heterocycles. The number of benzene rings is 2. The van der Waals surface area contributed by atoms with Gasteiger partial charge >= 0.3 is 0 Å². The van der Waals surface area contributed by atoms with E-state index in [1.54, 1.807) is 13.2 Å². The minimum atomic E-state index is -2.13. The maximum Gasteiger partial charge on any atom is 0.258 e. The number of aromatic nitrogens is 2. The van der Waals surface area contributed by atoms with E-state index in [1.165, 1.54) is 6.20 Å². The number of ketones is 1. The summed E-state index contributed by atoms with van der Waals surface area (Å²) in [5.41, 5.74) is 5.95. The van der Waals surface area contributed by atoms with Gasteiger partial charge in [0.2, 0.25) is 5.88 Å². The van der Waals surface area contributed by atoms with Crippen molar-refractivity contribution in [2.24, 2.45) is 0 Å². The van der Waals surface area contributed by atoms with Gasteiger partial charge in [-0.1, -0.05) is 72.2 Å². The molecule has 2 heterocycles. The second kappa shape index (κ2) is 12.1. The van der Waals surface area contributed by atoms with Crippen molar-refractivity contribution in [3.05, 3.63) is 82.6 Å². The number of hydrogen-bond acceptors (Lipinski definition) is 5. The maximum atomic E-state index is 13.5. The van der Waals surface area contributed by atoms with Gasteiger partial charge in [-0.15, -0.1) is 0 Å². The summed E-state index contributed by atoms with van der Waals surface area (Å²) in [6.45, 7) is 15.7. The Morgan fingerprint density at radius 1 is 0.925 bits per heavy atom. The second-order valence-electron chi connectivity index (χ2n) is 11.2. The van der Waals surface area contributed by atoms with Crippen LogP contribution < -0.4 is 9.16 Å². The van der Waals surface area contributed by atoms with E-state index in [2.05, 4.69) is 63.6 Å². The van der Waals surface area contributed by atoms with Crippen molar-refractivity contribution in [1.29, 1.82) is 0 Å². The van der Waals surface area contributed by atoms with Gasteiger partial charge in [0.25, 0.3) is 8.32 Å². The molecule has 4 rings (SSSR count). The summed E-state index contributed by atoms with van der Waals surface area (Å²) >= 11 is 6.20. The smallest absolute Gasteiger partial charge is 0.258 e. The number of carbonyl (C=O) groups excluding carboxylic acids is 1. The average Bonchev–Trinajstić information content (AvgIpc) is 2.94. The normalized spacial score (nSPS) is 12.0. The van der Waals surface area contributed by atoms with E-state index in [0.717, 1.165) is 33.3 Å². The Morgan fingerprint density at radius 3 is 2.25 bits per heavy atom. The standard InChI is InChI=1S/C33H39ClN2O3Si/c1-9-23-15-26(19-35-33(23)34)32(37)25-13-14-30-29(17-25)28(18-31(36-30)38-8)24-11-10-12-27(16-24)39-40(20(2)3,21(4)5)22(6)7/h10-22H,9H2,1-8H3. The Kier molecular flexibility index (Phi) is 9.01. The molecule has 5 nitrogen and oxygen atoms in total. The Labute approximate surface area is 244 Å². The number of halogens is 1. The summed E-state index contributed by atoms with van der Waals surface area (Å²) in [4.78, 5) is 22.4. The predicted octanol–water partition coefficient (Wildman–Crippen LogP) is 9.31. The van der Waals surface area contributed by atoms with Gasteiger partial charge in [-0.2, -0.15) is 0 Å². The average molecular weight is 575 g/mol. The zero-order chi connectivity index (χ0) is 29.2. The number of nitrogens with zero attached hydrogens (tertiary/aromatic N) is 2. The topological polar surface area (TPSA) is 61.3 Å². The fourth-order valence-electron chi connectivity index (χ4n) is 6.00. The molecule has 2 aromatic carbocycles. The Balaban J connectivity index is 1.83. The van der Waals surface area contributed by atoms with Gasteiger partial charge in [-0.25, -0.2) is 9.97 Å². The summed E-state index contributed by atoms with van der Waals surface area (Å²) in [5.74, 6) is 1.27. The van der Waals surface area contributed by atoms with E-state index in [9.17, 15) is 4.79 Å². The van der Waals surface area contributed by atoms with E-state index in [4.69, 9.17) is 20.8 Å². The highest BCUT2D eigenvalue weighted by Gasteiger charge is 2.47. The van der Waals surface area contributed by atoms with Gasteiger partial charge in [0, 0.05) is 28.8 Å². The maximum absolute atomic E-state index is 13.5. The molecule has 0 spiro atoms. The summed E-state index contributed by atoms with van der Waals surface area (Å²) in [7, 11) is -0.521. The molecule has 40 heavy (non-hydrogen) atoms. The first kappa shape index (κ1) is 29.8. The predicted molar refractivity (Wildman–Crippen MR) is 167 cm³/mol. The Morgan fingerprint density at radius 2 is 1.62 bits per heavy atom. The lowest BCUT2D eigenvalue weighted by Gasteiger charge is -2.42. The molecule has 0 radical (unpaired) electrons. The van der Waals surface area contributed by atoms with Gasteiger partial charge in [0.05, 0.1) is 12.6 Å². The van der Waals surface area contributed by atoms with Crippen LogP contribution in [0.2, 0.25) is 21.8 Å². The van der Waals surface area contributed by atoms with Gasteiger partial charge in [0.1, 0.15) is 10.9 Å². The Hall–Kier alpha value is -3.22. The fourth-order valence-corrected chi connectivity index (χ4v) is 11.5. The minimum Gasteiger partial charge on any atom is -0.543 e. The van der Waals surface area contributed by atoms with Crippen LogP contribution in [0.25, 0.3) is 22.0 Å². The van der Waals surface area contributed by atoms with E-state index < -0.39 is 8.32 Å². The molecule has 0 amide bonds. The molecule has 0 atom stereocenters. The SMILES string of the molecule is CCc1cc(C(=O)c2ccc3nc(OC)cc(-c4cccc(O[Si](C(C)C)(C(C)C)C(C)C)c4)c3c2)cnc1Cl. The quantitative estimate of drug-likeness (QED) is 0.107. The van der Waals surface area contributed by atoms with Crippen LogP contribution in [0.5, 0.6) is 11.6 Å². The molecule has 0 aliphatic carbocycles. The molecular formula is C33H39ClN2O3Si. The second-order valence-corrected chi connectivity index (χ2v) is 17.0. The molecule has 7 heteroatoms. The van der Waals surface area contributed by atoms with E-state index >= 15 is 0 Å². The molecule has 0 saturated carbocycles. The molecule has 0 unspecified atom stereocenters. The number of ether oxygens (including phenoxy) is 1. The lowest BCUT2D eigenvalue weighted by molar-refractivity contribution is 0.103. The van der Waals surface area contributed by atoms with Crippen molar-refractivity contribution in [3.8, 4) is 22.8 Å². The Bertz CT molecular complexity index is 1510. The molecular weight excluding hydrogens is 536 g/mol. The van der Waals surface area contributed by atoms with E-state index in [0.29, 0.717) is 45.2 Å². The number of aryl methyl sites for hydroxylation is 1. The minimum absolute atomic E-state index is 0.110. The lowest BCUT2D eigenvalue weighted by atomic mass is 9.96. The number of carbonyl (C=O) groups is 1. The van der Waals surface area contributed by atoms with Crippen molar-refractivity contribution < 1.29 is 14.0 Å². The van der Waals surface area contributed by atoms with Crippen LogP contribution in [0.15, 0.2) is 60.8 Å². The van der Waals surface area contributed by atoms with Crippen LogP contribution in [0, 0.1) is 0 Å². The highest BCUT2D eigenvalue weighted by Crippen LogP contribution is 2.43. The van der Waals surface area contributed by atoms with E-state index in [-0.39, 0.29) is 5.78 Å². The van der Waals surface area contributed by atoms with Crippen LogP contribution in [-0.2, 0) is 6.42 Å². The van der Waals surface area contributed by atoms with Crippen LogP contribution in [0.4, 0.5) is 0 Å².